The van der Waals surface area contributed by atoms with Gasteiger partial charge in [0.05, 0.1) is 19.9 Å². The second kappa shape index (κ2) is 10.6. The average molecular weight is 487 g/mol. The van der Waals surface area contributed by atoms with Gasteiger partial charge in [-0.1, -0.05) is 30.7 Å². The van der Waals surface area contributed by atoms with Crippen LogP contribution in [0.1, 0.15) is 41.4 Å². The van der Waals surface area contributed by atoms with Crippen molar-refractivity contribution in [1.82, 2.24) is 29.9 Å². The van der Waals surface area contributed by atoms with Gasteiger partial charge in [0.15, 0.2) is 17.2 Å². The predicted molar refractivity (Wildman–Crippen MR) is 136 cm³/mol. The third-order valence-electron chi connectivity index (χ3n) is 6.46. The first-order valence-corrected chi connectivity index (χ1v) is 12.2. The maximum Gasteiger partial charge on any atom is 0.272 e. The highest BCUT2D eigenvalue weighted by molar-refractivity contribution is 5.99. The number of benzene rings is 2. The summed E-state index contributed by atoms with van der Waals surface area (Å²) in [6.07, 6.45) is 6.94. The molecule has 3 heterocycles. The summed E-state index contributed by atoms with van der Waals surface area (Å²) < 4.78 is 14.8. The van der Waals surface area contributed by atoms with Gasteiger partial charge < -0.3 is 19.4 Å². The summed E-state index contributed by atoms with van der Waals surface area (Å²) in [6, 6.07) is 15.3. The second-order valence-electron chi connectivity index (χ2n) is 8.74. The van der Waals surface area contributed by atoms with Crippen LogP contribution >= 0.6 is 0 Å². The van der Waals surface area contributed by atoms with Crippen molar-refractivity contribution < 1.29 is 14.3 Å². The standard InChI is InChI=1S/C27H30N6O3/c1-35-22-13-12-19(17-23(22)36-2)21-18-33(20-9-5-3-6-10-20)31-26(21)27(34)28-15-14-25-30-29-24-11-7-4-8-16-32(24)25/h3,5-6,9-10,12-13,17-18H,4,7-8,11,14-16H2,1-2H3,(H,28,34). The van der Waals surface area contributed by atoms with Gasteiger partial charge >= 0.3 is 0 Å². The summed E-state index contributed by atoms with van der Waals surface area (Å²) in [5.74, 6) is 2.93. The number of ether oxygens (including phenoxy) is 2. The molecule has 0 fully saturated rings. The van der Waals surface area contributed by atoms with E-state index < -0.39 is 0 Å². The predicted octanol–water partition coefficient (Wildman–Crippen LogP) is 3.85. The molecular weight excluding hydrogens is 456 g/mol. The molecule has 2 aromatic heterocycles. The largest absolute Gasteiger partial charge is 0.493 e. The van der Waals surface area contributed by atoms with Crippen molar-refractivity contribution in [3.05, 3.63) is 72.1 Å². The van der Waals surface area contributed by atoms with E-state index in [9.17, 15) is 4.79 Å². The van der Waals surface area contributed by atoms with E-state index >= 15 is 0 Å². The Labute approximate surface area is 210 Å². The molecule has 2 aromatic carbocycles. The van der Waals surface area contributed by atoms with Gasteiger partial charge in [-0.2, -0.15) is 5.10 Å². The van der Waals surface area contributed by atoms with Crippen molar-refractivity contribution in [2.45, 2.75) is 38.6 Å². The maximum absolute atomic E-state index is 13.3. The van der Waals surface area contributed by atoms with E-state index in [1.54, 1.807) is 18.9 Å². The minimum absolute atomic E-state index is 0.245. The number of carbonyl (C=O) groups excluding carboxylic acids is 1. The fourth-order valence-corrected chi connectivity index (χ4v) is 4.57. The van der Waals surface area contributed by atoms with E-state index in [-0.39, 0.29) is 5.91 Å². The third-order valence-corrected chi connectivity index (χ3v) is 6.46. The molecule has 0 radical (unpaired) electrons. The van der Waals surface area contributed by atoms with E-state index in [1.807, 2.05) is 54.7 Å². The maximum atomic E-state index is 13.3. The lowest BCUT2D eigenvalue weighted by atomic mass is 10.1. The summed E-state index contributed by atoms with van der Waals surface area (Å²) >= 11 is 0. The first kappa shape index (κ1) is 23.6. The van der Waals surface area contributed by atoms with Crippen molar-refractivity contribution in [3.63, 3.8) is 0 Å². The smallest absolute Gasteiger partial charge is 0.272 e. The summed E-state index contributed by atoms with van der Waals surface area (Å²) in [5, 5.41) is 16.4. The lowest BCUT2D eigenvalue weighted by Gasteiger charge is -2.10. The highest BCUT2D eigenvalue weighted by atomic mass is 16.5. The van der Waals surface area contributed by atoms with Crippen LogP contribution in [0.25, 0.3) is 16.8 Å². The van der Waals surface area contributed by atoms with Crippen LogP contribution in [-0.4, -0.2) is 51.2 Å². The first-order chi connectivity index (χ1) is 17.7. The van der Waals surface area contributed by atoms with Gasteiger partial charge in [0.1, 0.15) is 11.6 Å². The molecule has 1 N–H and O–H groups in total. The first-order valence-electron chi connectivity index (χ1n) is 12.2. The second-order valence-corrected chi connectivity index (χ2v) is 8.74. The highest BCUT2D eigenvalue weighted by Crippen LogP contribution is 2.34. The summed E-state index contributed by atoms with van der Waals surface area (Å²) in [6.45, 7) is 1.39. The van der Waals surface area contributed by atoms with E-state index in [4.69, 9.17) is 9.47 Å². The molecule has 0 saturated heterocycles. The Bertz CT molecular complexity index is 1350. The molecule has 4 aromatic rings. The minimum Gasteiger partial charge on any atom is -0.493 e. The lowest BCUT2D eigenvalue weighted by molar-refractivity contribution is 0.0949. The molecule has 5 rings (SSSR count). The monoisotopic (exact) mass is 486 g/mol. The summed E-state index contributed by atoms with van der Waals surface area (Å²) in [7, 11) is 3.19. The number of aryl methyl sites for hydroxylation is 1. The Morgan fingerprint density at radius 2 is 1.83 bits per heavy atom. The number of para-hydroxylation sites is 1. The van der Waals surface area contributed by atoms with E-state index in [1.165, 1.54) is 6.42 Å². The van der Waals surface area contributed by atoms with Crippen LogP contribution in [0.2, 0.25) is 0 Å². The molecule has 0 atom stereocenters. The number of nitrogens with zero attached hydrogens (tertiary/aromatic N) is 5. The van der Waals surface area contributed by atoms with Crippen molar-refractivity contribution >= 4 is 5.91 Å². The Morgan fingerprint density at radius 1 is 1.00 bits per heavy atom. The Kier molecular flexibility index (Phi) is 6.97. The number of fused-ring (bicyclic) bond motifs is 1. The van der Waals surface area contributed by atoms with Crippen LogP contribution in [0, 0.1) is 0 Å². The number of amides is 1. The molecule has 9 nitrogen and oxygen atoms in total. The minimum atomic E-state index is -0.245. The van der Waals surface area contributed by atoms with Gasteiger partial charge in [0, 0.05) is 37.7 Å². The van der Waals surface area contributed by atoms with Crippen LogP contribution in [0.3, 0.4) is 0 Å². The molecule has 0 spiro atoms. The van der Waals surface area contributed by atoms with Gasteiger partial charge in [-0.05, 0) is 42.7 Å². The van der Waals surface area contributed by atoms with Crippen LogP contribution < -0.4 is 14.8 Å². The fourth-order valence-electron chi connectivity index (χ4n) is 4.57. The van der Waals surface area contributed by atoms with Crippen LogP contribution in [0.15, 0.2) is 54.7 Å². The highest BCUT2D eigenvalue weighted by Gasteiger charge is 2.21. The molecule has 36 heavy (non-hydrogen) atoms. The van der Waals surface area contributed by atoms with Gasteiger partial charge in [0.25, 0.3) is 5.91 Å². The van der Waals surface area contributed by atoms with Gasteiger partial charge in [0.2, 0.25) is 0 Å². The SMILES string of the molecule is COc1ccc(-c2cn(-c3ccccc3)nc2C(=O)NCCc2nnc3n2CCCCC3)cc1OC. The van der Waals surface area contributed by atoms with Gasteiger partial charge in [-0.15, -0.1) is 10.2 Å². The molecule has 0 saturated carbocycles. The number of aromatic nitrogens is 5. The molecule has 1 aliphatic rings. The zero-order valence-electron chi connectivity index (χ0n) is 20.6. The number of hydrogen-bond acceptors (Lipinski definition) is 6. The number of carbonyl (C=O) groups is 1. The van der Waals surface area contributed by atoms with Crippen molar-refractivity contribution in [2.75, 3.05) is 20.8 Å². The molecule has 186 valence electrons. The fraction of sp³-hybridized carbons (Fsp3) is 0.333. The summed E-state index contributed by atoms with van der Waals surface area (Å²) in [4.78, 5) is 13.3. The normalized spacial score (nSPS) is 13.1. The van der Waals surface area contributed by atoms with E-state index in [0.29, 0.717) is 35.7 Å². The Hall–Kier alpha value is -4.14. The topological polar surface area (TPSA) is 96.1 Å². The zero-order valence-corrected chi connectivity index (χ0v) is 20.6. The van der Waals surface area contributed by atoms with E-state index in [2.05, 4.69) is 25.2 Å². The molecule has 0 bridgehead atoms. The van der Waals surface area contributed by atoms with Crippen molar-refractivity contribution in [2.24, 2.45) is 0 Å². The van der Waals surface area contributed by atoms with Crippen LogP contribution in [0.4, 0.5) is 0 Å². The molecular formula is C27H30N6O3. The summed E-state index contributed by atoms with van der Waals surface area (Å²) in [5.41, 5.74) is 2.71. The number of nitrogens with one attached hydrogen (secondary N) is 1. The number of rotatable bonds is 8. The average Bonchev–Trinajstić information content (AvgIpc) is 3.46. The Morgan fingerprint density at radius 3 is 2.64 bits per heavy atom. The molecule has 0 unspecified atom stereocenters. The van der Waals surface area contributed by atoms with Gasteiger partial charge in [-0.25, -0.2) is 4.68 Å². The van der Waals surface area contributed by atoms with Crippen LogP contribution in [-0.2, 0) is 19.4 Å². The van der Waals surface area contributed by atoms with Crippen molar-refractivity contribution in [3.8, 4) is 28.3 Å². The van der Waals surface area contributed by atoms with E-state index in [0.717, 1.165) is 48.7 Å². The molecule has 9 heteroatoms. The molecule has 1 amide bonds. The quantitative estimate of drug-likeness (QED) is 0.407. The zero-order chi connectivity index (χ0) is 24.9. The third kappa shape index (κ3) is 4.82. The van der Waals surface area contributed by atoms with Crippen molar-refractivity contribution in [1.29, 1.82) is 0 Å². The molecule has 1 aliphatic heterocycles. The van der Waals surface area contributed by atoms with Gasteiger partial charge in [-0.3, -0.25) is 4.79 Å². The Balaban J connectivity index is 1.40. The van der Waals surface area contributed by atoms with Crippen LogP contribution in [0.5, 0.6) is 11.5 Å². The lowest BCUT2D eigenvalue weighted by Crippen LogP contribution is -2.27. The number of hydrogen-bond donors (Lipinski definition) is 1. The number of methoxy groups -OCH3 is 2. The molecule has 0 aliphatic carbocycles.